The molecule has 1 heterocycles. The van der Waals surface area contributed by atoms with E-state index in [1.165, 1.54) is 48.5 Å². The van der Waals surface area contributed by atoms with E-state index in [9.17, 15) is 22.8 Å². The molecule has 150 valence electrons. The zero-order chi connectivity index (χ0) is 21.3. The molecule has 0 atom stereocenters. The van der Waals surface area contributed by atoms with Crippen LogP contribution in [0, 0.1) is 0 Å². The minimum absolute atomic E-state index is 0.103. The van der Waals surface area contributed by atoms with Crippen molar-refractivity contribution in [1.82, 2.24) is 5.32 Å². The number of hydrogen-bond acceptors (Lipinski definition) is 5. The number of nitrogens with one attached hydrogen (secondary N) is 3. The maximum absolute atomic E-state index is 12.6. The van der Waals surface area contributed by atoms with Crippen molar-refractivity contribution >= 4 is 39.1 Å². The molecule has 0 radical (unpaired) electrons. The second kappa shape index (κ2) is 7.45. The van der Waals surface area contributed by atoms with Crippen LogP contribution in [0.5, 0.6) is 0 Å². The summed E-state index contributed by atoms with van der Waals surface area (Å²) in [6.07, 6.45) is 0. The first kappa shape index (κ1) is 19.3. The Morgan fingerprint density at radius 2 is 1.50 bits per heavy atom. The summed E-state index contributed by atoms with van der Waals surface area (Å²) in [7, 11) is -3.79. The minimum atomic E-state index is -3.79. The molecule has 0 bridgehead atoms. The fraction of sp³-hybridized carbons (Fsp3) is 0. The van der Waals surface area contributed by atoms with Gasteiger partial charge in [0.05, 0.1) is 16.0 Å². The molecule has 8 nitrogen and oxygen atoms in total. The summed E-state index contributed by atoms with van der Waals surface area (Å²) < 4.78 is 27.4. The Kier molecular flexibility index (Phi) is 4.80. The van der Waals surface area contributed by atoms with E-state index in [0.717, 1.165) is 0 Å². The molecule has 0 saturated heterocycles. The Balaban J connectivity index is 1.53. The highest BCUT2D eigenvalue weighted by atomic mass is 32.2. The third-order valence-electron chi connectivity index (χ3n) is 4.42. The first-order valence-electron chi connectivity index (χ1n) is 8.82. The Bertz CT molecular complexity index is 1290. The lowest BCUT2D eigenvalue weighted by Crippen LogP contribution is -2.19. The molecule has 30 heavy (non-hydrogen) atoms. The second-order valence-corrected chi connectivity index (χ2v) is 8.18. The molecule has 0 fully saturated rings. The van der Waals surface area contributed by atoms with Crippen LogP contribution < -0.4 is 15.4 Å². The van der Waals surface area contributed by atoms with Gasteiger partial charge in [-0.2, -0.15) is 0 Å². The summed E-state index contributed by atoms with van der Waals surface area (Å²) in [5, 5.41) is 4.82. The lowest BCUT2D eigenvalue weighted by molar-refractivity contribution is 0.0878. The number of amides is 3. The summed E-state index contributed by atoms with van der Waals surface area (Å²) in [6, 6.07) is 18.3. The summed E-state index contributed by atoms with van der Waals surface area (Å²) in [6.45, 7) is 0. The fourth-order valence-corrected chi connectivity index (χ4v) is 4.06. The quantitative estimate of drug-likeness (QED) is 0.547. The molecular formula is C21H15N3O5S. The SMILES string of the molecule is O=C(Nc1ccc2c(c1)C(=O)NC2=O)c1cccc(NS(=O)(=O)c2ccccc2)c1. The van der Waals surface area contributed by atoms with Gasteiger partial charge in [-0.15, -0.1) is 0 Å². The molecule has 0 spiro atoms. The number of rotatable bonds is 5. The average Bonchev–Trinajstić information content (AvgIpc) is 3.02. The molecule has 0 unspecified atom stereocenters. The number of anilines is 2. The van der Waals surface area contributed by atoms with Crippen LogP contribution in [0.2, 0.25) is 0 Å². The van der Waals surface area contributed by atoms with Crippen molar-refractivity contribution < 1.29 is 22.8 Å². The van der Waals surface area contributed by atoms with E-state index in [1.807, 2.05) is 0 Å². The fourth-order valence-electron chi connectivity index (χ4n) is 2.99. The van der Waals surface area contributed by atoms with Crippen LogP contribution in [-0.4, -0.2) is 26.1 Å². The molecule has 3 amide bonds. The Labute approximate surface area is 172 Å². The topological polar surface area (TPSA) is 121 Å². The number of sulfonamides is 1. The van der Waals surface area contributed by atoms with Gasteiger partial charge in [0.15, 0.2) is 0 Å². The summed E-state index contributed by atoms with van der Waals surface area (Å²) in [5.74, 6) is -1.50. The van der Waals surface area contributed by atoms with E-state index >= 15 is 0 Å². The van der Waals surface area contributed by atoms with Gasteiger partial charge in [-0.25, -0.2) is 8.42 Å². The van der Waals surface area contributed by atoms with Gasteiger partial charge in [-0.05, 0) is 48.5 Å². The van der Waals surface area contributed by atoms with E-state index in [2.05, 4.69) is 15.4 Å². The van der Waals surface area contributed by atoms with Crippen LogP contribution in [0.15, 0.2) is 77.7 Å². The van der Waals surface area contributed by atoms with E-state index in [0.29, 0.717) is 5.69 Å². The van der Waals surface area contributed by atoms with Crippen molar-refractivity contribution in [3.05, 3.63) is 89.5 Å². The largest absolute Gasteiger partial charge is 0.322 e. The first-order chi connectivity index (χ1) is 14.3. The summed E-state index contributed by atoms with van der Waals surface area (Å²) in [4.78, 5) is 36.1. The molecule has 4 rings (SSSR count). The highest BCUT2D eigenvalue weighted by Gasteiger charge is 2.26. The normalized spacial score (nSPS) is 12.8. The third-order valence-corrected chi connectivity index (χ3v) is 5.82. The van der Waals surface area contributed by atoms with Crippen molar-refractivity contribution in [3.8, 4) is 0 Å². The van der Waals surface area contributed by atoms with E-state index in [1.54, 1.807) is 24.3 Å². The van der Waals surface area contributed by atoms with Crippen molar-refractivity contribution in [2.75, 3.05) is 10.0 Å². The van der Waals surface area contributed by atoms with Crippen molar-refractivity contribution in [3.63, 3.8) is 0 Å². The first-order valence-corrected chi connectivity index (χ1v) is 10.3. The highest BCUT2D eigenvalue weighted by molar-refractivity contribution is 7.92. The van der Waals surface area contributed by atoms with Gasteiger partial charge in [0, 0.05) is 16.9 Å². The van der Waals surface area contributed by atoms with Gasteiger partial charge in [0.25, 0.3) is 27.7 Å². The predicted octanol–water partition coefficient (Wildman–Crippen LogP) is 2.62. The number of fused-ring (bicyclic) bond motifs is 1. The van der Waals surface area contributed by atoms with Crippen LogP contribution in [0.4, 0.5) is 11.4 Å². The van der Waals surface area contributed by atoms with Crippen molar-refractivity contribution in [1.29, 1.82) is 0 Å². The Morgan fingerprint density at radius 1 is 0.767 bits per heavy atom. The van der Waals surface area contributed by atoms with Crippen LogP contribution in [0.3, 0.4) is 0 Å². The molecule has 1 aliphatic rings. The molecule has 0 aliphatic carbocycles. The van der Waals surface area contributed by atoms with Gasteiger partial charge >= 0.3 is 0 Å². The smallest absolute Gasteiger partial charge is 0.261 e. The molecule has 3 aromatic carbocycles. The predicted molar refractivity (Wildman–Crippen MR) is 110 cm³/mol. The van der Waals surface area contributed by atoms with Crippen LogP contribution in [0.1, 0.15) is 31.1 Å². The second-order valence-electron chi connectivity index (χ2n) is 6.50. The Hall–Kier alpha value is -3.98. The number of benzene rings is 3. The van der Waals surface area contributed by atoms with Gasteiger partial charge in [0.1, 0.15) is 0 Å². The maximum Gasteiger partial charge on any atom is 0.261 e. The van der Waals surface area contributed by atoms with Gasteiger partial charge in [-0.1, -0.05) is 24.3 Å². The van der Waals surface area contributed by atoms with Gasteiger partial charge in [-0.3, -0.25) is 24.4 Å². The number of carbonyl (C=O) groups is 3. The third kappa shape index (κ3) is 3.78. The van der Waals surface area contributed by atoms with Crippen LogP contribution >= 0.6 is 0 Å². The standard InChI is InChI=1S/C21H15N3O5S/c25-19(22-14-9-10-17-18(12-14)21(27)23-20(17)26)13-5-4-6-15(11-13)24-30(28,29)16-7-2-1-3-8-16/h1-12,24H,(H,22,25)(H,23,26,27). The van der Waals surface area contributed by atoms with Crippen molar-refractivity contribution in [2.45, 2.75) is 4.90 Å². The van der Waals surface area contributed by atoms with Gasteiger partial charge < -0.3 is 5.32 Å². The van der Waals surface area contributed by atoms with E-state index in [-0.39, 0.29) is 27.3 Å². The molecule has 1 aliphatic heterocycles. The highest BCUT2D eigenvalue weighted by Crippen LogP contribution is 2.22. The lowest BCUT2D eigenvalue weighted by Gasteiger charge is -2.10. The van der Waals surface area contributed by atoms with Crippen molar-refractivity contribution in [2.24, 2.45) is 0 Å². The van der Waals surface area contributed by atoms with Crippen LogP contribution in [0.25, 0.3) is 0 Å². The number of carbonyl (C=O) groups excluding carboxylic acids is 3. The maximum atomic E-state index is 12.6. The summed E-state index contributed by atoms with van der Waals surface area (Å²) >= 11 is 0. The average molecular weight is 421 g/mol. The van der Waals surface area contributed by atoms with E-state index in [4.69, 9.17) is 0 Å². The molecule has 3 aromatic rings. The van der Waals surface area contributed by atoms with Gasteiger partial charge in [0.2, 0.25) is 0 Å². The molecule has 0 aromatic heterocycles. The molecule has 3 N–H and O–H groups in total. The van der Waals surface area contributed by atoms with E-state index < -0.39 is 27.7 Å². The number of hydrogen-bond donors (Lipinski definition) is 3. The molecule has 9 heteroatoms. The number of imide groups is 1. The monoisotopic (exact) mass is 421 g/mol. The molecular weight excluding hydrogens is 406 g/mol. The lowest BCUT2D eigenvalue weighted by atomic mass is 10.1. The Morgan fingerprint density at radius 3 is 2.27 bits per heavy atom. The zero-order valence-electron chi connectivity index (χ0n) is 15.4. The van der Waals surface area contributed by atoms with Crippen LogP contribution in [-0.2, 0) is 10.0 Å². The minimum Gasteiger partial charge on any atom is -0.322 e. The molecule has 0 saturated carbocycles. The summed E-state index contributed by atoms with van der Waals surface area (Å²) in [5.41, 5.74) is 1.20. The zero-order valence-corrected chi connectivity index (χ0v) is 16.2.